The Labute approximate surface area is 161 Å². The summed E-state index contributed by atoms with van der Waals surface area (Å²) in [6.07, 6.45) is 5.25. The van der Waals surface area contributed by atoms with Gasteiger partial charge in [-0.1, -0.05) is 30.3 Å². The van der Waals surface area contributed by atoms with E-state index in [4.69, 9.17) is 0 Å². The van der Waals surface area contributed by atoms with Crippen molar-refractivity contribution in [1.82, 2.24) is 9.97 Å². The highest BCUT2D eigenvalue weighted by Crippen LogP contribution is 2.27. The molecule has 4 rings (SSSR count). The minimum Gasteiger partial charge on any atom is -0.321 e. The van der Waals surface area contributed by atoms with Crippen molar-refractivity contribution in [3.05, 3.63) is 96.4 Å². The van der Waals surface area contributed by atoms with Gasteiger partial charge in [-0.25, -0.2) is 0 Å². The standard InChI is InChI=1S/C22H17N3OS/c26-22(25-18-13-17-5-1-3-7-20(17)24-14-18)19-6-2-4-8-21(19)27-15-16-9-11-23-12-10-16/h1-14H,15H2,(H,25,26). The predicted molar refractivity (Wildman–Crippen MR) is 110 cm³/mol. The largest absolute Gasteiger partial charge is 0.321 e. The molecule has 4 nitrogen and oxygen atoms in total. The topological polar surface area (TPSA) is 54.9 Å². The number of rotatable bonds is 5. The van der Waals surface area contributed by atoms with Gasteiger partial charge < -0.3 is 5.32 Å². The molecule has 0 radical (unpaired) electrons. The van der Waals surface area contributed by atoms with Gasteiger partial charge in [0.2, 0.25) is 0 Å². The SMILES string of the molecule is O=C(Nc1cnc2ccccc2c1)c1ccccc1SCc1ccncc1. The highest BCUT2D eigenvalue weighted by molar-refractivity contribution is 7.98. The van der Waals surface area contributed by atoms with Crippen molar-refractivity contribution in [2.75, 3.05) is 5.32 Å². The van der Waals surface area contributed by atoms with E-state index < -0.39 is 0 Å². The van der Waals surface area contributed by atoms with E-state index in [0.717, 1.165) is 21.6 Å². The average molecular weight is 371 g/mol. The first-order valence-corrected chi connectivity index (χ1v) is 9.55. The lowest BCUT2D eigenvalue weighted by Gasteiger charge is -2.10. The van der Waals surface area contributed by atoms with Crippen LogP contribution >= 0.6 is 11.8 Å². The van der Waals surface area contributed by atoms with Crippen LogP contribution in [0, 0.1) is 0 Å². The predicted octanol–water partition coefficient (Wildman–Crippen LogP) is 5.17. The van der Waals surface area contributed by atoms with Crippen LogP contribution in [0.5, 0.6) is 0 Å². The zero-order valence-corrected chi connectivity index (χ0v) is 15.3. The van der Waals surface area contributed by atoms with Gasteiger partial charge in [-0.15, -0.1) is 11.8 Å². The number of anilines is 1. The molecule has 1 amide bonds. The lowest BCUT2D eigenvalue weighted by Crippen LogP contribution is -2.13. The molecule has 0 atom stereocenters. The summed E-state index contributed by atoms with van der Waals surface area (Å²) in [7, 11) is 0. The van der Waals surface area contributed by atoms with Crippen LogP contribution in [-0.4, -0.2) is 15.9 Å². The summed E-state index contributed by atoms with van der Waals surface area (Å²) >= 11 is 1.64. The molecule has 2 aromatic heterocycles. The van der Waals surface area contributed by atoms with Crippen molar-refractivity contribution in [3.63, 3.8) is 0 Å². The number of pyridine rings is 2. The van der Waals surface area contributed by atoms with E-state index in [2.05, 4.69) is 15.3 Å². The van der Waals surface area contributed by atoms with Gasteiger partial charge in [0, 0.05) is 28.4 Å². The Kier molecular flexibility index (Phi) is 5.12. The monoisotopic (exact) mass is 371 g/mol. The second-order valence-electron chi connectivity index (χ2n) is 6.01. The van der Waals surface area contributed by atoms with E-state index in [1.165, 1.54) is 5.56 Å². The summed E-state index contributed by atoms with van der Waals surface area (Å²) in [4.78, 5) is 22.2. The van der Waals surface area contributed by atoms with Crippen LogP contribution in [0.15, 0.2) is 90.2 Å². The molecule has 0 saturated carbocycles. The second-order valence-corrected chi connectivity index (χ2v) is 7.03. The van der Waals surface area contributed by atoms with Crippen molar-refractivity contribution in [1.29, 1.82) is 0 Å². The Morgan fingerprint density at radius 3 is 2.63 bits per heavy atom. The lowest BCUT2D eigenvalue weighted by molar-refractivity contribution is 0.102. The fraction of sp³-hybridized carbons (Fsp3) is 0.0455. The fourth-order valence-electron chi connectivity index (χ4n) is 2.76. The molecule has 2 aromatic carbocycles. The number of hydrogen-bond donors (Lipinski definition) is 1. The van der Waals surface area contributed by atoms with Gasteiger partial charge in [0.25, 0.3) is 5.91 Å². The van der Waals surface area contributed by atoms with E-state index in [9.17, 15) is 4.79 Å². The fourth-order valence-corrected chi connectivity index (χ4v) is 3.76. The molecule has 0 aliphatic rings. The van der Waals surface area contributed by atoms with Crippen LogP contribution in [0.3, 0.4) is 0 Å². The number of aromatic nitrogens is 2. The molecule has 0 saturated heterocycles. The maximum absolute atomic E-state index is 12.8. The Hall–Kier alpha value is -3.18. The normalized spacial score (nSPS) is 10.7. The molecule has 1 N–H and O–H groups in total. The van der Waals surface area contributed by atoms with Gasteiger partial charge in [0.1, 0.15) is 0 Å². The maximum atomic E-state index is 12.8. The van der Waals surface area contributed by atoms with E-state index in [0.29, 0.717) is 11.3 Å². The summed E-state index contributed by atoms with van der Waals surface area (Å²) in [5, 5.41) is 3.96. The van der Waals surface area contributed by atoms with Gasteiger partial charge in [0.15, 0.2) is 0 Å². The van der Waals surface area contributed by atoms with Crippen LogP contribution in [0.2, 0.25) is 0 Å². The zero-order valence-electron chi connectivity index (χ0n) is 14.5. The number of fused-ring (bicyclic) bond motifs is 1. The quantitative estimate of drug-likeness (QED) is 0.492. The highest BCUT2D eigenvalue weighted by atomic mass is 32.2. The molecular weight excluding hydrogens is 354 g/mol. The summed E-state index contributed by atoms with van der Waals surface area (Å²) in [6.45, 7) is 0. The molecule has 27 heavy (non-hydrogen) atoms. The van der Waals surface area contributed by atoms with Crippen molar-refractivity contribution in [3.8, 4) is 0 Å². The van der Waals surface area contributed by atoms with E-state index in [1.54, 1.807) is 30.4 Å². The summed E-state index contributed by atoms with van der Waals surface area (Å²) in [5.41, 5.74) is 3.42. The molecule has 0 aliphatic carbocycles. The molecular formula is C22H17N3OS. The van der Waals surface area contributed by atoms with Gasteiger partial charge in [-0.3, -0.25) is 14.8 Å². The number of carbonyl (C=O) groups is 1. The molecule has 5 heteroatoms. The molecule has 0 fully saturated rings. The third-order valence-corrected chi connectivity index (χ3v) is 5.27. The van der Waals surface area contributed by atoms with Crippen molar-refractivity contribution in [2.45, 2.75) is 10.6 Å². The van der Waals surface area contributed by atoms with Crippen molar-refractivity contribution >= 4 is 34.3 Å². The lowest BCUT2D eigenvalue weighted by atomic mass is 10.2. The number of carbonyl (C=O) groups excluding carboxylic acids is 1. The van der Waals surface area contributed by atoms with Crippen LogP contribution in [0.25, 0.3) is 10.9 Å². The first-order chi connectivity index (χ1) is 13.3. The van der Waals surface area contributed by atoms with Crippen LogP contribution in [-0.2, 0) is 5.75 Å². The summed E-state index contributed by atoms with van der Waals surface area (Å²) < 4.78 is 0. The molecule has 4 aromatic rings. The number of para-hydroxylation sites is 1. The number of thioether (sulfide) groups is 1. The van der Waals surface area contributed by atoms with Crippen molar-refractivity contribution < 1.29 is 4.79 Å². The smallest absolute Gasteiger partial charge is 0.256 e. The molecule has 132 valence electrons. The summed E-state index contributed by atoms with van der Waals surface area (Å²) in [6, 6.07) is 21.4. The average Bonchev–Trinajstić information content (AvgIpc) is 2.73. The first-order valence-electron chi connectivity index (χ1n) is 8.56. The van der Waals surface area contributed by atoms with Crippen LogP contribution < -0.4 is 5.32 Å². The number of hydrogen-bond acceptors (Lipinski definition) is 4. The number of nitrogens with one attached hydrogen (secondary N) is 1. The van der Waals surface area contributed by atoms with Gasteiger partial charge in [-0.05, 0) is 42.0 Å². The third kappa shape index (κ3) is 4.15. The van der Waals surface area contributed by atoms with E-state index in [-0.39, 0.29) is 5.91 Å². The van der Waals surface area contributed by atoms with Gasteiger partial charge in [-0.2, -0.15) is 0 Å². The number of benzene rings is 2. The molecule has 2 heterocycles. The molecule has 0 unspecified atom stereocenters. The Morgan fingerprint density at radius 2 is 1.74 bits per heavy atom. The molecule has 0 aliphatic heterocycles. The van der Waals surface area contributed by atoms with E-state index in [1.807, 2.05) is 66.7 Å². The zero-order chi connectivity index (χ0) is 18.5. The van der Waals surface area contributed by atoms with Crippen LogP contribution in [0.4, 0.5) is 5.69 Å². The summed E-state index contributed by atoms with van der Waals surface area (Å²) in [5.74, 6) is 0.648. The highest BCUT2D eigenvalue weighted by Gasteiger charge is 2.12. The Bertz CT molecular complexity index is 1080. The maximum Gasteiger partial charge on any atom is 0.256 e. The van der Waals surface area contributed by atoms with Gasteiger partial charge in [0.05, 0.1) is 23.0 Å². The molecule has 0 bridgehead atoms. The van der Waals surface area contributed by atoms with Gasteiger partial charge >= 0.3 is 0 Å². The van der Waals surface area contributed by atoms with E-state index >= 15 is 0 Å². The Balaban J connectivity index is 1.52. The second kappa shape index (κ2) is 8.01. The van der Waals surface area contributed by atoms with Crippen LogP contribution in [0.1, 0.15) is 15.9 Å². The number of amides is 1. The minimum atomic E-state index is -0.134. The van der Waals surface area contributed by atoms with Crippen molar-refractivity contribution in [2.24, 2.45) is 0 Å². The number of nitrogens with zero attached hydrogens (tertiary/aromatic N) is 2. The molecule has 0 spiro atoms. The third-order valence-electron chi connectivity index (χ3n) is 4.12. The first kappa shape index (κ1) is 17.2. The Morgan fingerprint density at radius 1 is 0.963 bits per heavy atom. The minimum absolute atomic E-state index is 0.134.